The number of benzene rings is 4. The third-order valence-corrected chi connectivity index (χ3v) is 16.0. The Hall–Kier alpha value is -2.66. The van der Waals surface area contributed by atoms with Crippen LogP contribution in [0.1, 0.15) is 58.4 Å². The predicted molar refractivity (Wildman–Crippen MR) is 170 cm³/mol. The van der Waals surface area contributed by atoms with Crippen molar-refractivity contribution in [1.82, 2.24) is 0 Å². The minimum atomic E-state index is -3.21. The first-order valence-electron chi connectivity index (χ1n) is 13.9. The Kier molecular flexibility index (Phi) is 7.20. The van der Waals surface area contributed by atoms with Crippen LogP contribution in [0.5, 0.6) is 0 Å². The molecule has 0 fully saturated rings. The molecule has 0 aliphatic carbocycles. The summed E-state index contributed by atoms with van der Waals surface area (Å²) in [5, 5.41) is 3.48. The van der Waals surface area contributed by atoms with Crippen LogP contribution >= 0.6 is 14.3 Å². The van der Waals surface area contributed by atoms with Crippen molar-refractivity contribution in [2.45, 2.75) is 73.1 Å². The molecule has 0 saturated heterocycles. The molecule has 202 valence electrons. The van der Waals surface area contributed by atoms with Crippen molar-refractivity contribution in [2.75, 3.05) is 0 Å². The molecule has 0 amide bonds. The molecule has 4 atom stereocenters. The highest BCUT2D eigenvalue weighted by molar-refractivity contribution is 7.83. The van der Waals surface area contributed by atoms with Crippen LogP contribution in [0.2, 0.25) is 0 Å². The van der Waals surface area contributed by atoms with E-state index in [1.54, 1.807) is 0 Å². The second-order valence-electron chi connectivity index (χ2n) is 12.0. The van der Waals surface area contributed by atoms with E-state index in [1.807, 2.05) is 0 Å². The minimum absolute atomic E-state index is 0.345. The topological polar surface area (TPSA) is 34.1 Å². The summed E-state index contributed by atoms with van der Waals surface area (Å²) < 4.78 is 31.6. The summed E-state index contributed by atoms with van der Waals surface area (Å²) in [4.78, 5) is 0. The van der Waals surface area contributed by atoms with E-state index in [2.05, 4.69) is 128 Å². The molecule has 4 bridgehead atoms. The minimum Gasteiger partial charge on any atom is -0.313 e. The van der Waals surface area contributed by atoms with Crippen molar-refractivity contribution < 1.29 is 9.13 Å². The molecule has 39 heavy (non-hydrogen) atoms. The van der Waals surface area contributed by atoms with Gasteiger partial charge in [0.15, 0.2) is 0 Å². The molecule has 4 heteroatoms. The molecule has 0 spiro atoms. The quantitative estimate of drug-likeness (QED) is 0.240. The van der Waals surface area contributed by atoms with E-state index in [4.69, 9.17) is 0 Å². The normalized spacial score (nSPS) is 24.7. The zero-order valence-electron chi connectivity index (χ0n) is 24.5. The van der Waals surface area contributed by atoms with Gasteiger partial charge in [-0.1, -0.05) is 71.5 Å². The lowest BCUT2D eigenvalue weighted by atomic mass is 10.0. The van der Waals surface area contributed by atoms with Crippen LogP contribution in [0.4, 0.5) is 0 Å². The second kappa shape index (κ2) is 10.1. The molecule has 1 heterocycles. The number of fused-ring (bicyclic) bond motifs is 4. The highest BCUT2D eigenvalue weighted by atomic mass is 31.2. The average Bonchev–Trinajstić information content (AvgIpc) is 2.84. The van der Waals surface area contributed by atoms with Crippen molar-refractivity contribution in [3.8, 4) is 0 Å². The monoisotopic (exact) mass is 554 g/mol. The number of aryl methyl sites for hydroxylation is 6. The van der Waals surface area contributed by atoms with Gasteiger partial charge in [0.25, 0.3) is 0 Å². The van der Waals surface area contributed by atoms with Gasteiger partial charge >= 0.3 is 0 Å². The molecule has 4 unspecified atom stereocenters. The molecule has 4 aromatic carbocycles. The fourth-order valence-electron chi connectivity index (χ4n) is 6.64. The number of rotatable bonds is 2. The lowest BCUT2D eigenvalue weighted by Gasteiger charge is -2.36. The Morgan fingerprint density at radius 1 is 0.436 bits per heavy atom. The molecule has 1 aliphatic heterocycles. The molecule has 5 rings (SSSR count). The first-order valence-corrected chi connectivity index (χ1v) is 17.5. The van der Waals surface area contributed by atoms with Gasteiger partial charge in [-0.2, -0.15) is 0 Å². The van der Waals surface area contributed by atoms with E-state index in [0.717, 1.165) is 65.7 Å². The summed E-state index contributed by atoms with van der Waals surface area (Å²) in [6, 6.07) is 25.5. The molecular formula is C35H40O2P2. The van der Waals surface area contributed by atoms with Crippen molar-refractivity contribution in [3.63, 3.8) is 0 Å². The first kappa shape index (κ1) is 27.9. The van der Waals surface area contributed by atoms with Crippen LogP contribution in [-0.4, -0.2) is 11.3 Å². The van der Waals surface area contributed by atoms with Crippen LogP contribution in [0.3, 0.4) is 0 Å². The van der Waals surface area contributed by atoms with Crippen LogP contribution in [-0.2, 0) is 15.6 Å². The van der Waals surface area contributed by atoms with E-state index in [1.165, 1.54) is 0 Å². The van der Waals surface area contributed by atoms with Gasteiger partial charge in [-0.15, -0.1) is 0 Å². The summed E-state index contributed by atoms with van der Waals surface area (Å²) in [7, 11) is -6.42. The Balaban J connectivity index is 1.90. The second-order valence-corrected chi connectivity index (χ2v) is 18.3. The lowest BCUT2D eigenvalue weighted by molar-refractivity contribution is 0.565. The molecule has 2 nitrogen and oxygen atoms in total. The van der Waals surface area contributed by atoms with Crippen LogP contribution in [0, 0.1) is 41.5 Å². The zero-order valence-corrected chi connectivity index (χ0v) is 26.3. The van der Waals surface area contributed by atoms with Gasteiger partial charge < -0.3 is 9.13 Å². The average molecular weight is 555 g/mol. The van der Waals surface area contributed by atoms with E-state index in [9.17, 15) is 0 Å². The zero-order chi connectivity index (χ0) is 28.3. The van der Waals surface area contributed by atoms with E-state index < -0.39 is 14.3 Å². The molecule has 4 aromatic rings. The highest BCUT2D eigenvalue weighted by Crippen LogP contribution is 2.60. The van der Waals surface area contributed by atoms with Crippen molar-refractivity contribution >= 4 is 35.5 Å². The van der Waals surface area contributed by atoms with Gasteiger partial charge in [0, 0.05) is 32.5 Å². The molecule has 0 saturated carbocycles. The van der Waals surface area contributed by atoms with Gasteiger partial charge in [-0.25, -0.2) is 0 Å². The molecular weight excluding hydrogens is 514 g/mol. The number of hydrogen-bond acceptors (Lipinski definition) is 2. The summed E-state index contributed by atoms with van der Waals surface area (Å²) >= 11 is 0. The fourth-order valence-corrected chi connectivity index (χ4v) is 14.5. The van der Waals surface area contributed by atoms with Crippen molar-refractivity contribution in [2.24, 2.45) is 0 Å². The Labute approximate surface area is 234 Å². The fraction of sp³-hybridized carbons (Fsp3) is 0.314. The Morgan fingerprint density at radius 2 is 0.692 bits per heavy atom. The highest BCUT2D eigenvalue weighted by Gasteiger charge is 2.46. The van der Waals surface area contributed by atoms with Crippen molar-refractivity contribution in [3.05, 3.63) is 117 Å². The van der Waals surface area contributed by atoms with E-state index in [0.29, 0.717) is 6.42 Å². The van der Waals surface area contributed by atoms with Gasteiger partial charge in [0.05, 0.1) is 0 Å². The van der Waals surface area contributed by atoms with Crippen molar-refractivity contribution in [1.29, 1.82) is 0 Å². The predicted octanol–water partition coefficient (Wildman–Crippen LogP) is 7.55. The maximum Gasteiger partial charge on any atom is 0.146 e. The van der Waals surface area contributed by atoms with Crippen LogP contribution < -0.4 is 21.2 Å². The molecule has 0 radical (unpaired) electrons. The Bertz CT molecular complexity index is 1530. The largest absolute Gasteiger partial charge is 0.313 e. The number of hydrogen-bond donors (Lipinski definition) is 0. The lowest BCUT2D eigenvalue weighted by Crippen LogP contribution is -2.36. The third kappa shape index (κ3) is 4.92. The van der Waals surface area contributed by atoms with Gasteiger partial charge in [-0.3, -0.25) is 0 Å². The van der Waals surface area contributed by atoms with Crippen LogP contribution in [0.15, 0.2) is 72.8 Å². The standard InChI is InChI=1S/C35H40O2P2/c1-22-9-23(2)14-32(13-22)38(36)28(7)29(8)39(37,33-15-24(3)10-25(4)16-33)35-18-27(6)12-31(21-35)19-30-11-26(5)17-34(38)20-30/h9-18,20-21,28-29H,19H2,1-8H3. The van der Waals surface area contributed by atoms with Gasteiger partial charge in [0.2, 0.25) is 0 Å². The molecule has 0 N–H and O–H groups in total. The van der Waals surface area contributed by atoms with Crippen LogP contribution in [0.25, 0.3) is 0 Å². The summed E-state index contributed by atoms with van der Waals surface area (Å²) in [5.74, 6) is 0. The summed E-state index contributed by atoms with van der Waals surface area (Å²) in [5.41, 5.74) is 8.22. The van der Waals surface area contributed by atoms with E-state index >= 15 is 9.13 Å². The molecule has 1 aliphatic rings. The third-order valence-electron chi connectivity index (χ3n) is 8.44. The smallest absolute Gasteiger partial charge is 0.146 e. The maximum absolute atomic E-state index is 15.8. The Morgan fingerprint density at radius 3 is 1.00 bits per heavy atom. The summed E-state index contributed by atoms with van der Waals surface area (Å²) in [6.45, 7) is 16.6. The first-order chi connectivity index (χ1) is 18.3. The van der Waals surface area contributed by atoms with Gasteiger partial charge in [-0.05, 0) is 108 Å². The summed E-state index contributed by atoms with van der Waals surface area (Å²) in [6.07, 6.45) is 0.714. The molecule has 0 aromatic heterocycles. The van der Waals surface area contributed by atoms with E-state index in [-0.39, 0.29) is 11.3 Å². The maximum atomic E-state index is 15.8. The van der Waals surface area contributed by atoms with Gasteiger partial charge in [0.1, 0.15) is 14.3 Å². The SMILES string of the molecule is Cc1cc(C)cc(P2(=O)c3cc(C)cc(c3)Cc3cc(C)cc(c3)P(=O)(c3cc(C)cc(C)c3)C(C)C2C)c1.